The molecule has 9 heteroatoms. The third-order valence-electron chi connectivity index (χ3n) is 5.10. The fourth-order valence-electron chi connectivity index (χ4n) is 2.92. The number of nitrogens with one attached hydrogen (secondary N) is 2. The number of aliphatic hydroxyl groups is 1. The maximum atomic E-state index is 13.4. The molecule has 1 fully saturated rings. The molecule has 0 spiro atoms. The van der Waals surface area contributed by atoms with Gasteiger partial charge in [-0.3, -0.25) is 14.4 Å². The van der Waals surface area contributed by atoms with Crippen LogP contribution in [0.1, 0.15) is 44.9 Å². The average Bonchev–Trinajstić information content (AvgIpc) is 3.41. The van der Waals surface area contributed by atoms with Crippen LogP contribution in [-0.4, -0.2) is 39.4 Å². The van der Waals surface area contributed by atoms with Crippen molar-refractivity contribution in [3.63, 3.8) is 0 Å². The second-order valence-electron chi connectivity index (χ2n) is 7.07. The molecular formula is C20H19FN4O4. The molecule has 1 aromatic carbocycles. The van der Waals surface area contributed by atoms with Crippen LogP contribution in [0.4, 0.5) is 10.1 Å². The lowest BCUT2D eigenvalue weighted by Crippen LogP contribution is -2.43. The van der Waals surface area contributed by atoms with Crippen LogP contribution in [-0.2, 0) is 11.8 Å². The highest BCUT2D eigenvalue weighted by molar-refractivity contribution is 6.43. The Morgan fingerprint density at radius 1 is 1.31 bits per heavy atom. The van der Waals surface area contributed by atoms with Gasteiger partial charge in [-0.15, -0.1) is 0 Å². The van der Waals surface area contributed by atoms with Gasteiger partial charge < -0.3 is 20.3 Å². The Balaban J connectivity index is 1.81. The predicted molar refractivity (Wildman–Crippen MR) is 101 cm³/mol. The Hall–Kier alpha value is -3.51. The number of nitriles is 1. The van der Waals surface area contributed by atoms with E-state index in [0.29, 0.717) is 18.5 Å². The van der Waals surface area contributed by atoms with E-state index >= 15 is 0 Å². The Morgan fingerprint density at radius 3 is 2.59 bits per heavy atom. The number of hydrogen-bond donors (Lipinski definition) is 3. The Kier molecular flexibility index (Phi) is 5.22. The van der Waals surface area contributed by atoms with Crippen molar-refractivity contribution in [2.45, 2.75) is 25.3 Å². The van der Waals surface area contributed by atoms with Crippen LogP contribution in [0.2, 0.25) is 0 Å². The van der Waals surface area contributed by atoms with Crippen LogP contribution in [0.3, 0.4) is 0 Å². The van der Waals surface area contributed by atoms with E-state index in [4.69, 9.17) is 5.26 Å². The van der Waals surface area contributed by atoms with E-state index in [1.165, 1.54) is 22.8 Å². The zero-order valence-electron chi connectivity index (χ0n) is 15.9. The fourth-order valence-corrected chi connectivity index (χ4v) is 2.92. The lowest BCUT2D eigenvalue weighted by Gasteiger charge is -2.13. The van der Waals surface area contributed by atoms with E-state index in [9.17, 15) is 23.9 Å². The van der Waals surface area contributed by atoms with Gasteiger partial charge in [0, 0.05) is 24.0 Å². The summed E-state index contributed by atoms with van der Waals surface area (Å²) in [5.74, 6) is -2.92. The number of halogens is 1. The van der Waals surface area contributed by atoms with E-state index in [1.54, 1.807) is 20.0 Å². The lowest BCUT2D eigenvalue weighted by atomic mass is 10.1. The number of aliphatic hydroxyl groups excluding tert-OH is 1. The Bertz CT molecular complexity index is 1060. The summed E-state index contributed by atoms with van der Waals surface area (Å²) >= 11 is 0. The van der Waals surface area contributed by atoms with Gasteiger partial charge in [0.2, 0.25) is 0 Å². The molecule has 0 radical (unpaired) electrons. The summed E-state index contributed by atoms with van der Waals surface area (Å²) in [4.78, 5) is 37.4. The normalized spacial score (nSPS) is 14.0. The van der Waals surface area contributed by atoms with Crippen molar-refractivity contribution in [2.24, 2.45) is 7.05 Å². The summed E-state index contributed by atoms with van der Waals surface area (Å²) in [7, 11) is 1.57. The maximum absolute atomic E-state index is 13.4. The molecule has 1 heterocycles. The number of ketones is 1. The topological polar surface area (TPSA) is 124 Å². The van der Waals surface area contributed by atoms with Crippen molar-refractivity contribution in [3.8, 4) is 6.07 Å². The second kappa shape index (κ2) is 7.48. The number of carbonyl (C=O) groups is 3. The summed E-state index contributed by atoms with van der Waals surface area (Å²) < 4.78 is 14.9. The monoisotopic (exact) mass is 398 g/mol. The van der Waals surface area contributed by atoms with Crippen LogP contribution in [0, 0.1) is 24.1 Å². The molecule has 3 rings (SSSR count). The first-order valence-corrected chi connectivity index (χ1v) is 8.86. The first kappa shape index (κ1) is 20.2. The van der Waals surface area contributed by atoms with Gasteiger partial charge in [-0.05, 0) is 44.0 Å². The number of amides is 2. The first-order valence-electron chi connectivity index (χ1n) is 8.86. The number of aromatic nitrogens is 1. The minimum atomic E-state index is -0.839. The van der Waals surface area contributed by atoms with Crippen LogP contribution < -0.4 is 10.6 Å². The molecule has 1 aromatic heterocycles. The van der Waals surface area contributed by atoms with Gasteiger partial charge in [0.15, 0.2) is 0 Å². The molecular weight excluding hydrogens is 379 g/mol. The summed E-state index contributed by atoms with van der Waals surface area (Å²) in [6.07, 6.45) is 1.21. The highest BCUT2D eigenvalue weighted by Crippen LogP contribution is 2.34. The number of benzene rings is 1. The largest absolute Gasteiger partial charge is 0.394 e. The Morgan fingerprint density at radius 2 is 2.00 bits per heavy atom. The number of hydrogen-bond acceptors (Lipinski definition) is 5. The third-order valence-corrected chi connectivity index (χ3v) is 5.10. The molecule has 3 N–H and O–H groups in total. The van der Waals surface area contributed by atoms with Crippen LogP contribution in [0.15, 0.2) is 24.3 Å². The van der Waals surface area contributed by atoms with Crippen molar-refractivity contribution < 1.29 is 23.9 Å². The molecule has 2 aromatic rings. The first-order chi connectivity index (χ1) is 13.7. The molecule has 0 saturated heterocycles. The molecule has 2 amide bonds. The molecule has 0 bridgehead atoms. The number of rotatable bonds is 6. The number of Topliss-reactive ketones (excluding diaryl/α,β-unsaturated/α-hetero) is 1. The molecule has 1 aliphatic carbocycles. The fraction of sp³-hybridized carbons (Fsp3) is 0.300. The highest BCUT2D eigenvalue weighted by Gasteiger charge is 2.44. The van der Waals surface area contributed by atoms with Crippen LogP contribution in [0.25, 0.3) is 0 Å². The molecule has 0 atom stereocenters. The van der Waals surface area contributed by atoms with Gasteiger partial charge in [-0.1, -0.05) is 0 Å². The van der Waals surface area contributed by atoms with Crippen molar-refractivity contribution in [1.29, 1.82) is 5.26 Å². The summed E-state index contributed by atoms with van der Waals surface area (Å²) in [5, 5.41) is 23.3. The van der Waals surface area contributed by atoms with Gasteiger partial charge in [-0.2, -0.15) is 5.26 Å². The Labute approximate surface area is 165 Å². The number of anilines is 1. The molecule has 1 aliphatic rings. The molecule has 29 heavy (non-hydrogen) atoms. The van der Waals surface area contributed by atoms with Crippen molar-refractivity contribution in [3.05, 3.63) is 52.6 Å². The van der Waals surface area contributed by atoms with Crippen molar-refractivity contribution in [2.75, 3.05) is 11.9 Å². The summed E-state index contributed by atoms with van der Waals surface area (Å²) in [6, 6.07) is 6.58. The van der Waals surface area contributed by atoms with Crippen LogP contribution >= 0.6 is 0 Å². The molecule has 1 saturated carbocycles. The number of nitrogens with zero attached hydrogens (tertiary/aromatic N) is 2. The minimum Gasteiger partial charge on any atom is -0.394 e. The summed E-state index contributed by atoms with van der Waals surface area (Å²) in [6.45, 7) is 1.36. The maximum Gasteiger partial charge on any atom is 0.292 e. The van der Waals surface area contributed by atoms with E-state index in [0.717, 1.165) is 6.07 Å². The quantitative estimate of drug-likeness (QED) is 0.501. The molecule has 0 unspecified atom stereocenters. The predicted octanol–water partition coefficient (Wildman–Crippen LogP) is 1.42. The lowest BCUT2D eigenvalue weighted by molar-refractivity contribution is -0.118. The highest BCUT2D eigenvalue weighted by atomic mass is 19.1. The van der Waals surface area contributed by atoms with E-state index in [1.807, 2.05) is 0 Å². The summed E-state index contributed by atoms with van der Waals surface area (Å²) in [5.41, 5.74) is -0.116. The van der Waals surface area contributed by atoms with E-state index < -0.39 is 29.0 Å². The molecule has 8 nitrogen and oxygen atoms in total. The van der Waals surface area contributed by atoms with Gasteiger partial charge in [0.05, 0.1) is 17.7 Å². The van der Waals surface area contributed by atoms with Crippen LogP contribution in [0.5, 0.6) is 0 Å². The minimum absolute atomic E-state index is 0.0701. The third kappa shape index (κ3) is 3.88. The SMILES string of the molecule is Cc1c(C(=O)C(=O)NC2(CO)CC2)cc(C(=O)Nc2ccc(F)c(C#N)c2)n1C. The molecule has 150 valence electrons. The van der Waals surface area contributed by atoms with Crippen molar-refractivity contribution >= 4 is 23.3 Å². The second-order valence-corrected chi connectivity index (χ2v) is 7.07. The smallest absolute Gasteiger partial charge is 0.292 e. The van der Waals surface area contributed by atoms with Gasteiger partial charge in [0.1, 0.15) is 17.6 Å². The van der Waals surface area contributed by atoms with Gasteiger partial charge >= 0.3 is 0 Å². The van der Waals surface area contributed by atoms with Gasteiger partial charge in [-0.25, -0.2) is 4.39 Å². The van der Waals surface area contributed by atoms with E-state index in [2.05, 4.69) is 10.6 Å². The molecule has 0 aliphatic heterocycles. The number of carbonyl (C=O) groups excluding carboxylic acids is 3. The van der Waals surface area contributed by atoms with Gasteiger partial charge in [0.25, 0.3) is 17.6 Å². The van der Waals surface area contributed by atoms with Crippen molar-refractivity contribution in [1.82, 2.24) is 9.88 Å². The average molecular weight is 398 g/mol. The van der Waals surface area contributed by atoms with E-state index in [-0.39, 0.29) is 29.1 Å². The zero-order valence-corrected chi connectivity index (χ0v) is 15.9. The zero-order chi connectivity index (χ0) is 21.3. The standard InChI is InChI=1S/C20H19FN4O4/c1-11-14(17(27)19(29)24-20(10-26)5-6-20)8-16(25(11)2)18(28)23-13-3-4-15(21)12(7-13)9-22/h3-4,7-8,26H,5-6,10H2,1-2H3,(H,23,28)(H,24,29).